The molecule has 0 spiro atoms. The first-order valence-electron chi connectivity index (χ1n) is 5.93. The van der Waals surface area contributed by atoms with Gasteiger partial charge in [0.2, 0.25) is 0 Å². The molecule has 0 fully saturated rings. The smallest absolute Gasteiger partial charge is 0.126 e. The molecule has 1 heterocycles. The molecule has 1 aromatic carbocycles. The van der Waals surface area contributed by atoms with Crippen molar-refractivity contribution in [2.45, 2.75) is 32.3 Å². The molecular formula is C13H14BrFN2OS. The van der Waals surface area contributed by atoms with Crippen LogP contribution in [0.2, 0.25) is 0 Å². The lowest BCUT2D eigenvalue weighted by molar-refractivity contribution is 0.179. The molecule has 19 heavy (non-hydrogen) atoms. The fourth-order valence-electron chi connectivity index (χ4n) is 1.84. The van der Waals surface area contributed by atoms with Gasteiger partial charge in [0.25, 0.3) is 0 Å². The molecule has 1 atom stereocenters. The zero-order chi connectivity index (χ0) is 14.0. The zero-order valence-corrected chi connectivity index (χ0v) is 13.0. The second-order valence-corrected chi connectivity index (χ2v) is 6.33. The molecule has 0 aliphatic rings. The van der Waals surface area contributed by atoms with E-state index < -0.39 is 6.10 Å². The fourth-order valence-corrected chi connectivity index (χ4v) is 3.04. The van der Waals surface area contributed by atoms with Gasteiger partial charge in [0.1, 0.15) is 5.82 Å². The van der Waals surface area contributed by atoms with Crippen molar-refractivity contribution in [1.82, 2.24) is 9.59 Å². The van der Waals surface area contributed by atoms with Crippen LogP contribution in [0.15, 0.2) is 22.7 Å². The molecule has 0 amide bonds. The molecule has 6 heteroatoms. The highest BCUT2D eigenvalue weighted by Crippen LogP contribution is 2.29. The molecule has 3 nitrogen and oxygen atoms in total. The molecule has 0 aliphatic carbocycles. The maximum absolute atomic E-state index is 13.7. The summed E-state index contributed by atoms with van der Waals surface area (Å²) >= 11 is 4.47. The first kappa shape index (κ1) is 14.6. The molecule has 0 radical (unpaired) electrons. The molecule has 1 N–H and O–H groups in total. The normalized spacial score (nSPS) is 12.9. The quantitative estimate of drug-likeness (QED) is 0.916. The van der Waals surface area contributed by atoms with Gasteiger partial charge in [0, 0.05) is 10.9 Å². The van der Waals surface area contributed by atoms with E-state index in [1.807, 2.05) is 13.8 Å². The minimum atomic E-state index is -0.777. The second-order valence-electron chi connectivity index (χ2n) is 4.63. The van der Waals surface area contributed by atoms with Crippen LogP contribution >= 0.6 is 27.5 Å². The number of aromatic nitrogens is 2. The molecule has 0 aliphatic heterocycles. The Labute approximate surface area is 123 Å². The summed E-state index contributed by atoms with van der Waals surface area (Å²) in [6, 6.07) is 4.71. The maximum Gasteiger partial charge on any atom is 0.126 e. The van der Waals surface area contributed by atoms with E-state index in [0.29, 0.717) is 5.56 Å². The van der Waals surface area contributed by atoms with Gasteiger partial charge in [-0.2, -0.15) is 0 Å². The van der Waals surface area contributed by atoms with Crippen LogP contribution in [0.1, 0.15) is 42.0 Å². The number of nitrogens with zero attached hydrogens (tertiary/aromatic N) is 2. The number of benzene rings is 1. The van der Waals surface area contributed by atoms with Gasteiger partial charge in [-0.25, -0.2) is 4.39 Å². The maximum atomic E-state index is 13.7. The lowest BCUT2D eigenvalue weighted by Gasteiger charge is -2.12. The molecule has 0 saturated heterocycles. The molecule has 2 rings (SSSR count). The zero-order valence-electron chi connectivity index (χ0n) is 10.6. The van der Waals surface area contributed by atoms with Crippen LogP contribution in [-0.2, 0) is 6.42 Å². The van der Waals surface area contributed by atoms with Crippen LogP contribution in [0.25, 0.3) is 0 Å². The highest BCUT2D eigenvalue weighted by Gasteiger charge is 2.20. The van der Waals surface area contributed by atoms with Crippen molar-refractivity contribution >= 4 is 27.5 Å². The van der Waals surface area contributed by atoms with Crippen LogP contribution < -0.4 is 0 Å². The summed E-state index contributed by atoms with van der Waals surface area (Å²) in [7, 11) is 0. The van der Waals surface area contributed by atoms with E-state index in [4.69, 9.17) is 0 Å². The third-order valence-corrected chi connectivity index (χ3v) is 4.15. The van der Waals surface area contributed by atoms with E-state index >= 15 is 0 Å². The van der Waals surface area contributed by atoms with Gasteiger partial charge in [0.05, 0.1) is 16.7 Å². The van der Waals surface area contributed by atoms with E-state index in [2.05, 4.69) is 25.5 Å². The Morgan fingerprint density at radius 1 is 1.42 bits per heavy atom. The molecule has 0 saturated carbocycles. The minimum absolute atomic E-state index is 0.191. The Morgan fingerprint density at radius 2 is 2.16 bits per heavy atom. The third-order valence-electron chi connectivity index (χ3n) is 2.81. The van der Waals surface area contributed by atoms with Crippen LogP contribution in [-0.4, -0.2) is 14.7 Å². The van der Waals surface area contributed by atoms with E-state index in [0.717, 1.165) is 15.0 Å². The molecular weight excluding hydrogens is 331 g/mol. The van der Waals surface area contributed by atoms with Crippen LogP contribution in [0.5, 0.6) is 0 Å². The number of hydrogen-bond donors (Lipinski definition) is 1. The summed E-state index contributed by atoms with van der Waals surface area (Å²) in [6.45, 7) is 3.99. The average molecular weight is 345 g/mol. The summed E-state index contributed by atoms with van der Waals surface area (Å²) in [4.78, 5) is 0.717. The molecule has 0 bridgehead atoms. The Balaban J connectivity index is 2.23. The summed E-state index contributed by atoms with van der Waals surface area (Å²) in [5.41, 5.74) is 1.26. The van der Waals surface area contributed by atoms with Gasteiger partial charge < -0.3 is 5.11 Å². The van der Waals surface area contributed by atoms with Gasteiger partial charge in [-0.1, -0.05) is 34.3 Å². The largest absolute Gasteiger partial charge is 0.387 e. The average Bonchev–Trinajstić information content (AvgIpc) is 2.83. The molecule has 1 aromatic heterocycles. The van der Waals surface area contributed by atoms with Crippen molar-refractivity contribution < 1.29 is 9.50 Å². The Bertz CT molecular complexity index is 574. The second kappa shape index (κ2) is 6.07. The predicted octanol–water partition coefficient (Wildman–Crippen LogP) is 3.84. The van der Waals surface area contributed by atoms with Crippen molar-refractivity contribution in [2.24, 2.45) is 0 Å². The van der Waals surface area contributed by atoms with Crippen molar-refractivity contribution in [2.75, 3.05) is 0 Å². The van der Waals surface area contributed by atoms with E-state index in [1.54, 1.807) is 12.1 Å². The van der Waals surface area contributed by atoms with Crippen molar-refractivity contribution in [3.05, 3.63) is 44.6 Å². The summed E-state index contributed by atoms with van der Waals surface area (Å²) in [6.07, 6.45) is -0.560. The Morgan fingerprint density at radius 3 is 2.84 bits per heavy atom. The number of aliphatic hydroxyl groups is 1. The predicted molar refractivity (Wildman–Crippen MR) is 76.8 cm³/mol. The Kier molecular flexibility index (Phi) is 4.65. The molecule has 2 aromatic rings. The Hall–Kier alpha value is -0.850. The minimum Gasteiger partial charge on any atom is -0.387 e. The monoisotopic (exact) mass is 344 g/mol. The number of aliphatic hydroxyl groups excluding tert-OH is 1. The standard InChI is InChI=1S/C13H14BrFN2OS/c1-7(2)12-13(19-17-16-12)11(18)6-8-5-9(14)3-4-10(8)15/h3-5,7,11,18H,6H2,1-2H3. The topological polar surface area (TPSA) is 46.0 Å². The van der Waals surface area contributed by atoms with E-state index in [9.17, 15) is 9.50 Å². The number of hydrogen-bond acceptors (Lipinski definition) is 4. The van der Waals surface area contributed by atoms with E-state index in [1.165, 1.54) is 17.6 Å². The third kappa shape index (κ3) is 3.38. The fraction of sp³-hybridized carbons (Fsp3) is 0.385. The molecule has 1 unspecified atom stereocenters. The van der Waals surface area contributed by atoms with Gasteiger partial charge in [-0.05, 0) is 41.2 Å². The van der Waals surface area contributed by atoms with Crippen LogP contribution in [0.3, 0.4) is 0 Å². The lowest BCUT2D eigenvalue weighted by atomic mass is 10.0. The summed E-state index contributed by atoms with van der Waals surface area (Å²) < 4.78 is 18.3. The summed E-state index contributed by atoms with van der Waals surface area (Å²) in [5.74, 6) is -0.124. The first-order chi connectivity index (χ1) is 8.99. The summed E-state index contributed by atoms with van der Waals surface area (Å²) in [5, 5.41) is 14.3. The highest BCUT2D eigenvalue weighted by molar-refractivity contribution is 9.10. The highest BCUT2D eigenvalue weighted by atomic mass is 79.9. The number of rotatable bonds is 4. The first-order valence-corrected chi connectivity index (χ1v) is 7.49. The van der Waals surface area contributed by atoms with Gasteiger partial charge in [0.15, 0.2) is 0 Å². The van der Waals surface area contributed by atoms with Crippen molar-refractivity contribution in [3.8, 4) is 0 Å². The SMILES string of the molecule is CC(C)c1nnsc1C(O)Cc1cc(Br)ccc1F. The van der Waals surface area contributed by atoms with Gasteiger partial charge in [-0.15, -0.1) is 5.10 Å². The van der Waals surface area contributed by atoms with Crippen LogP contribution in [0, 0.1) is 5.82 Å². The van der Waals surface area contributed by atoms with Crippen molar-refractivity contribution in [1.29, 1.82) is 0 Å². The van der Waals surface area contributed by atoms with Gasteiger partial charge >= 0.3 is 0 Å². The van der Waals surface area contributed by atoms with E-state index in [-0.39, 0.29) is 18.2 Å². The lowest BCUT2D eigenvalue weighted by Crippen LogP contribution is -2.05. The number of halogens is 2. The van der Waals surface area contributed by atoms with Crippen LogP contribution in [0.4, 0.5) is 4.39 Å². The molecule has 102 valence electrons. The van der Waals surface area contributed by atoms with Crippen molar-refractivity contribution in [3.63, 3.8) is 0 Å². The van der Waals surface area contributed by atoms with Gasteiger partial charge in [-0.3, -0.25) is 0 Å².